The van der Waals surface area contributed by atoms with Crippen LogP contribution in [0.25, 0.3) is 0 Å². The molecule has 140 valence electrons. The number of benzene rings is 1. The van der Waals surface area contributed by atoms with Crippen molar-refractivity contribution < 1.29 is 19.1 Å². The van der Waals surface area contributed by atoms with Gasteiger partial charge in [-0.2, -0.15) is 0 Å². The lowest BCUT2D eigenvalue weighted by Crippen LogP contribution is -2.11. The van der Waals surface area contributed by atoms with E-state index < -0.39 is 5.97 Å². The molecule has 0 radical (unpaired) electrons. The molecule has 0 heterocycles. The third-order valence-corrected chi connectivity index (χ3v) is 4.07. The average Bonchev–Trinajstić information content (AvgIpc) is 2.60. The molecule has 0 aliphatic carbocycles. The lowest BCUT2D eigenvalue weighted by Gasteiger charge is -2.06. The minimum absolute atomic E-state index is 0.0381. The van der Waals surface area contributed by atoms with Gasteiger partial charge >= 0.3 is 11.9 Å². The maximum atomic E-state index is 11.6. The van der Waals surface area contributed by atoms with Crippen LogP contribution in [0.2, 0.25) is 5.02 Å². The normalized spacial score (nSPS) is 10.5. The van der Waals surface area contributed by atoms with Gasteiger partial charge in [0.05, 0.1) is 19.4 Å². The molecule has 0 saturated heterocycles. The first kappa shape index (κ1) is 21.5. The maximum absolute atomic E-state index is 11.6. The summed E-state index contributed by atoms with van der Waals surface area (Å²) in [5, 5.41) is 0.600. The lowest BCUT2D eigenvalue weighted by molar-refractivity contribution is -0.151. The van der Waals surface area contributed by atoms with E-state index in [-0.39, 0.29) is 25.4 Å². The first-order chi connectivity index (χ1) is 12.1. The molecular weight excluding hydrogens is 340 g/mol. The molecule has 0 spiro atoms. The van der Waals surface area contributed by atoms with E-state index >= 15 is 0 Å². The van der Waals surface area contributed by atoms with Crippen LogP contribution in [0.15, 0.2) is 24.3 Å². The summed E-state index contributed by atoms with van der Waals surface area (Å²) in [4.78, 5) is 23.2. The van der Waals surface area contributed by atoms with Crippen molar-refractivity contribution in [1.82, 2.24) is 0 Å². The maximum Gasteiger partial charge on any atom is 0.306 e. The van der Waals surface area contributed by atoms with Crippen molar-refractivity contribution in [3.05, 3.63) is 34.9 Å². The summed E-state index contributed by atoms with van der Waals surface area (Å²) in [5.41, 5.74) is 0.822. The first-order valence-electron chi connectivity index (χ1n) is 9.17. The topological polar surface area (TPSA) is 52.6 Å². The summed E-state index contributed by atoms with van der Waals surface area (Å²) < 4.78 is 10.3. The summed E-state index contributed by atoms with van der Waals surface area (Å²) in [7, 11) is 0. The van der Waals surface area contributed by atoms with Crippen molar-refractivity contribution in [2.45, 2.75) is 71.3 Å². The van der Waals surface area contributed by atoms with Gasteiger partial charge in [0.2, 0.25) is 0 Å². The highest BCUT2D eigenvalue weighted by atomic mass is 35.5. The molecule has 4 nitrogen and oxygen atoms in total. The number of rotatable bonds is 13. The predicted octanol–water partition coefficient (Wildman–Crippen LogP) is 5.46. The van der Waals surface area contributed by atoms with Crippen LogP contribution in [-0.4, -0.2) is 18.5 Å². The number of esters is 2. The highest BCUT2D eigenvalue weighted by molar-refractivity contribution is 6.30. The van der Waals surface area contributed by atoms with Gasteiger partial charge in [0.15, 0.2) is 0 Å². The Balaban J connectivity index is 2.01. The van der Waals surface area contributed by atoms with Gasteiger partial charge in [0.1, 0.15) is 6.61 Å². The molecule has 0 fully saturated rings. The van der Waals surface area contributed by atoms with Gasteiger partial charge in [0, 0.05) is 5.02 Å². The van der Waals surface area contributed by atoms with E-state index in [4.69, 9.17) is 21.1 Å². The van der Waals surface area contributed by atoms with E-state index in [9.17, 15) is 9.59 Å². The van der Waals surface area contributed by atoms with Crippen molar-refractivity contribution in [1.29, 1.82) is 0 Å². The van der Waals surface area contributed by atoms with Crippen LogP contribution < -0.4 is 0 Å². The second kappa shape index (κ2) is 13.7. The van der Waals surface area contributed by atoms with Gasteiger partial charge in [-0.1, -0.05) is 69.2 Å². The van der Waals surface area contributed by atoms with Gasteiger partial charge in [-0.05, 0) is 24.1 Å². The van der Waals surface area contributed by atoms with Crippen LogP contribution >= 0.6 is 11.6 Å². The fourth-order valence-corrected chi connectivity index (χ4v) is 2.60. The first-order valence-corrected chi connectivity index (χ1v) is 9.55. The minimum Gasteiger partial charge on any atom is -0.466 e. The van der Waals surface area contributed by atoms with Crippen molar-refractivity contribution in [2.24, 2.45) is 0 Å². The van der Waals surface area contributed by atoms with Crippen molar-refractivity contribution in [2.75, 3.05) is 6.61 Å². The van der Waals surface area contributed by atoms with Crippen LogP contribution in [0.4, 0.5) is 0 Å². The summed E-state index contributed by atoms with van der Waals surface area (Å²) in [6, 6.07) is 7.13. The summed E-state index contributed by atoms with van der Waals surface area (Å²) in [5.74, 6) is -0.751. The summed E-state index contributed by atoms with van der Waals surface area (Å²) in [6.45, 7) is 2.79. The van der Waals surface area contributed by atoms with Crippen LogP contribution in [0, 0.1) is 0 Å². The second-order valence-corrected chi connectivity index (χ2v) is 6.57. The molecule has 0 amide bonds. The zero-order valence-electron chi connectivity index (χ0n) is 15.1. The largest absolute Gasteiger partial charge is 0.466 e. The van der Waals surface area contributed by atoms with E-state index in [1.54, 1.807) is 18.2 Å². The van der Waals surface area contributed by atoms with Crippen LogP contribution in [0.3, 0.4) is 0 Å². The molecule has 0 N–H and O–H groups in total. The lowest BCUT2D eigenvalue weighted by atomic mass is 10.1. The van der Waals surface area contributed by atoms with Crippen molar-refractivity contribution in [3.8, 4) is 0 Å². The van der Waals surface area contributed by atoms with E-state index in [1.165, 1.54) is 32.1 Å². The summed E-state index contributed by atoms with van der Waals surface area (Å²) >= 11 is 5.86. The number of carbonyl (C=O) groups is 2. The number of hydrogen-bond donors (Lipinski definition) is 0. The quantitative estimate of drug-likeness (QED) is 0.343. The Hall–Kier alpha value is -1.55. The monoisotopic (exact) mass is 368 g/mol. The van der Waals surface area contributed by atoms with Crippen molar-refractivity contribution in [3.63, 3.8) is 0 Å². The van der Waals surface area contributed by atoms with E-state index in [1.807, 2.05) is 6.07 Å². The van der Waals surface area contributed by atoms with Gasteiger partial charge in [-0.15, -0.1) is 0 Å². The number of ether oxygens (including phenoxy) is 2. The standard InChI is InChI=1S/C20H29ClO4/c1-2-3-4-5-6-7-8-14-24-19(22)12-13-20(23)25-16-17-10-9-11-18(21)15-17/h9-11,15H,2-8,12-14,16H2,1H3. The fraction of sp³-hybridized carbons (Fsp3) is 0.600. The van der Waals surface area contributed by atoms with Gasteiger partial charge in [-0.3, -0.25) is 9.59 Å². The molecule has 0 unspecified atom stereocenters. The highest BCUT2D eigenvalue weighted by Gasteiger charge is 2.09. The van der Waals surface area contributed by atoms with Crippen LogP contribution in [0.1, 0.15) is 70.3 Å². The van der Waals surface area contributed by atoms with E-state index in [2.05, 4.69) is 6.92 Å². The van der Waals surface area contributed by atoms with Gasteiger partial charge < -0.3 is 9.47 Å². The second-order valence-electron chi connectivity index (χ2n) is 6.13. The smallest absolute Gasteiger partial charge is 0.306 e. The fourth-order valence-electron chi connectivity index (χ4n) is 2.38. The molecule has 0 aromatic heterocycles. The van der Waals surface area contributed by atoms with Gasteiger partial charge in [0.25, 0.3) is 0 Å². The number of halogens is 1. The minimum atomic E-state index is -0.409. The Morgan fingerprint density at radius 2 is 1.56 bits per heavy atom. The predicted molar refractivity (Wildman–Crippen MR) is 99.4 cm³/mol. The Labute approximate surface area is 155 Å². The highest BCUT2D eigenvalue weighted by Crippen LogP contribution is 2.12. The molecule has 1 aromatic carbocycles. The molecule has 1 rings (SSSR count). The average molecular weight is 369 g/mol. The SMILES string of the molecule is CCCCCCCCCOC(=O)CCC(=O)OCc1cccc(Cl)c1. The molecule has 25 heavy (non-hydrogen) atoms. The zero-order chi connectivity index (χ0) is 18.3. The van der Waals surface area contributed by atoms with Crippen molar-refractivity contribution >= 4 is 23.5 Å². The Bertz CT molecular complexity index is 516. The molecule has 0 aliphatic heterocycles. The van der Waals surface area contributed by atoms with Crippen LogP contribution in [0.5, 0.6) is 0 Å². The van der Waals surface area contributed by atoms with Gasteiger partial charge in [-0.25, -0.2) is 0 Å². The zero-order valence-corrected chi connectivity index (χ0v) is 15.9. The van der Waals surface area contributed by atoms with E-state index in [0.29, 0.717) is 11.6 Å². The Kier molecular flexibility index (Phi) is 11.8. The van der Waals surface area contributed by atoms with E-state index in [0.717, 1.165) is 18.4 Å². The molecular formula is C20H29ClO4. The molecule has 0 aliphatic rings. The number of carbonyl (C=O) groups excluding carboxylic acids is 2. The van der Waals surface area contributed by atoms with Crippen LogP contribution in [-0.2, 0) is 25.7 Å². The number of unbranched alkanes of at least 4 members (excludes halogenated alkanes) is 6. The molecule has 0 saturated carbocycles. The third-order valence-electron chi connectivity index (χ3n) is 3.83. The Morgan fingerprint density at radius 1 is 0.920 bits per heavy atom. The Morgan fingerprint density at radius 3 is 2.24 bits per heavy atom. The summed E-state index contributed by atoms with van der Waals surface area (Å²) in [6.07, 6.45) is 8.33. The third kappa shape index (κ3) is 11.6. The molecule has 5 heteroatoms. The molecule has 1 aromatic rings. The molecule has 0 bridgehead atoms. The number of hydrogen-bond acceptors (Lipinski definition) is 4. The molecule has 0 atom stereocenters.